The molecule has 4 nitrogen and oxygen atoms in total. The summed E-state index contributed by atoms with van der Waals surface area (Å²) in [5.74, 6) is -0.844. The molecule has 0 radical (unpaired) electrons. The fraction of sp³-hybridized carbons (Fsp3) is 0.217. The molecule has 0 bridgehead atoms. The number of esters is 1. The van der Waals surface area contributed by atoms with Crippen molar-refractivity contribution >= 4 is 23.6 Å². The van der Waals surface area contributed by atoms with Gasteiger partial charge in [-0.15, -0.1) is 0 Å². The Kier molecular flexibility index (Phi) is 6.49. The van der Waals surface area contributed by atoms with Crippen molar-refractivity contribution in [2.45, 2.75) is 33.4 Å². The van der Waals surface area contributed by atoms with Crippen LogP contribution in [-0.2, 0) is 16.1 Å². The molecule has 1 aromatic heterocycles. The highest BCUT2D eigenvalue weighted by molar-refractivity contribution is 6.31. The lowest BCUT2D eigenvalue weighted by molar-refractivity contribution is -0.142. The predicted molar refractivity (Wildman–Crippen MR) is 112 cm³/mol. The summed E-state index contributed by atoms with van der Waals surface area (Å²) in [6.07, 6.45) is 2.44. The van der Waals surface area contributed by atoms with Gasteiger partial charge >= 0.3 is 5.97 Å². The van der Waals surface area contributed by atoms with E-state index in [1.165, 1.54) is 23.8 Å². The summed E-state index contributed by atoms with van der Waals surface area (Å²) in [5, 5.41) is 4.93. The minimum Gasteiger partial charge on any atom is -0.455 e. The molecule has 3 aromatic rings. The number of benzene rings is 2. The summed E-state index contributed by atoms with van der Waals surface area (Å²) < 4.78 is 20.1. The summed E-state index contributed by atoms with van der Waals surface area (Å²) in [7, 11) is 0. The van der Waals surface area contributed by atoms with Crippen LogP contribution >= 0.6 is 11.6 Å². The van der Waals surface area contributed by atoms with Crippen LogP contribution in [0.25, 0.3) is 6.08 Å². The highest BCUT2D eigenvalue weighted by atomic mass is 35.5. The second kappa shape index (κ2) is 9.05. The first kappa shape index (κ1) is 20.8. The number of hydrogen-bond donors (Lipinski definition) is 0. The Labute approximate surface area is 174 Å². The van der Waals surface area contributed by atoms with E-state index in [-0.39, 0.29) is 5.82 Å². The number of rotatable bonds is 6. The van der Waals surface area contributed by atoms with E-state index in [1.54, 1.807) is 29.8 Å². The summed E-state index contributed by atoms with van der Waals surface area (Å²) in [4.78, 5) is 12.2. The third kappa shape index (κ3) is 5.33. The zero-order chi connectivity index (χ0) is 21.0. The van der Waals surface area contributed by atoms with E-state index in [9.17, 15) is 9.18 Å². The van der Waals surface area contributed by atoms with E-state index in [1.807, 2.05) is 38.1 Å². The van der Waals surface area contributed by atoms with Crippen molar-refractivity contribution < 1.29 is 13.9 Å². The molecular weight excluding hydrogens is 391 g/mol. The molecule has 29 heavy (non-hydrogen) atoms. The van der Waals surface area contributed by atoms with Crippen LogP contribution in [0.4, 0.5) is 4.39 Å². The molecule has 0 aliphatic rings. The number of hydrogen-bond acceptors (Lipinski definition) is 3. The summed E-state index contributed by atoms with van der Waals surface area (Å²) >= 11 is 6.47. The Bertz CT molecular complexity index is 1020. The fourth-order valence-corrected chi connectivity index (χ4v) is 3.19. The van der Waals surface area contributed by atoms with Crippen LogP contribution in [0.15, 0.2) is 54.6 Å². The van der Waals surface area contributed by atoms with Crippen molar-refractivity contribution in [1.29, 1.82) is 0 Å². The monoisotopic (exact) mass is 412 g/mol. The van der Waals surface area contributed by atoms with Crippen molar-refractivity contribution in [2.75, 3.05) is 0 Å². The van der Waals surface area contributed by atoms with Gasteiger partial charge in [-0.25, -0.2) is 13.9 Å². The molecule has 0 saturated carbocycles. The molecule has 0 unspecified atom stereocenters. The second-order valence-electron chi connectivity index (χ2n) is 6.90. The number of ether oxygens (including phenoxy) is 1. The summed E-state index contributed by atoms with van der Waals surface area (Å²) in [6, 6.07) is 14.0. The van der Waals surface area contributed by atoms with Gasteiger partial charge in [0.2, 0.25) is 0 Å². The van der Waals surface area contributed by atoms with Crippen LogP contribution in [0, 0.1) is 19.7 Å². The highest BCUT2D eigenvalue weighted by Gasteiger charge is 2.13. The van der Waals surface area contributed by atoms with Gasteiger partial charge in [-0.1, -0.05) is 53.6 Å². The second-order valence-corrected chi connectivity index (χ2v) is 7.26. The molecule has 1 atom stereocenters. The van der Waals surface area contributed by atoms with Crippen molar-refractivity contribution in [2.24, 2.45) is 0 Å². The van der Waals surface area contributed by atoms with E-state index < -0.39 is 12.1 Å². The molecule has 0 spiro atoms. The van der Waals surface area contributed by atoms with Crippen LogP contribution in [-0.4, -0.2) is 15.7 Å². The number of aryl methyl sites for hydroxylation is 2. The number of nitrogens with zero attached hydrogens (tertiary/aromatic N) is 2. The zero-order valence-corrected chi connectivity index (χ0v) is 17.3. The van der Waals surface area contributed by atoms with Crippen LogP contribution in [0.2, 0.25) is 5.15 Å². The topological polar surface area (TPSA) is 44.1 Å². The van der Waals surface area contributed by atoms with Gasteiger partial charge in [-0.2, -0.15) is 5.10 Å². The first-order valence-corrected chi connectivity index (χ1v) is 9.64. The van der Waals surface area contributed by atoms with Crippen LogP contribution in [0.5, 0.6) is 0 Å². The number of aromatic nitrogens is 2. The van der Waals surface area contributed by atoms with E-state index >= 15 is 0 Å². The molecule has 2 aromatic carbocycles. The van der Waals surface area contributed by atoms with Crippen molar-refractivity contribution in [3.63, 3.8) is 0 Å². The molecule has 0 N–H and O–H groups in total. The predicted octanol–water partition coefficient (Wildman–Crippen LogP) is 5.66. The third-order valence-corrected chi connectivity index (χ3v) is 4.98. The maximum atomic E-state index is 13.0. The lowest BCUT2D eigenvalue weighted by atomic mass is 10.1. The van der Waals surface area contributed by atoms with Crippen LogP contribution in [0.3, 0.4) is 0 Å². The van der Waals surface area contributed by atoms with Gasteiger partial charge in [0.05, 0.1) is 12.2 Å². The van der Waals surface area contributed by atoms with Gasteiger partial charge in [0.1, 0.15) is 17.1 Å². The Morgan fingerprint density at radius 2 is 1.83 bits per heavy atom. The summed E-state index contributed by atoms with van der Waals surface area (Å²) in [6.45, 7) is 6.15. The molecular formula is C23H22ClFN2O2. The molecule has 0 aliphatic heterocycles. The van der Waals surface area contributed by atoms with Crippen molar-refractivity contribution in [3.05, 3.63) is 93.5 Å². The smallest absolute Gasteiger partial charge is 0.331 e. The quantitative estimate of drug-likeness (QED) is 0.387. The van der Waals surface area contributed by atoms with Gasteiger partial charge in [-0.05, 0) is 50.1 Å². The maximum absolute atomic E-state index is 13.0. The molecule has 0 amide bonds. The molecule has 0 aliphatic carbocycles. The summed E-state index contributed by atoms with van der Waals surface area (Å²) in [5.41, 5.74) is 4.38. The Hall–Kier alpha value is -2.92. The van der Waals surface area contributed by atoms with Crippen LogP contribution < -0.4 is 0 Å². The Morgan fingerprint density at radius 1 is 1.17 bits per heavy atom. The molecule has 0 fully saturated rings. The first-order valence-electron chi connectivity index (χ1n) is 9.26. The molecule has 150 valence electrons. The largest absolute Gasteiger partial charge is 0.455 e. The average Bonchev–Trinajstić information content (AvgIpc) is 2.95. The average molecular weight is 413 g/mol. The van der Waals surface area contributed by atoms with Gasteiger partial charge in [0, 0.05) is 11.6 Å². The fourth-order valence-electron chi connectivity index (χ4n) is 2.89. The zero-order valence-electron chi connectivity index (χ0n) is 16.5. The van der Waals surface area contributed by atoms with Gasteiger partial charge in [0.25, 0.3) is 0 Å². The molecule has 3 rings (SSSR count). The number of halogens is 2. The molecule has 0 saturated heterocycles. The van der Waals surface area contributed by atoms with Gasteiger partial charge < -0.3 is 4.74 Å². The highest BCUT2D eigenvalue weighted by Crippen LogP contribution is 2.23. The normalized spacial score (nSPS) is 12.3. The Morgan fingerprint density at radius 3 is 2.48 bits per heavy atom. The SMILES string of the molecule is Cc1ccc(Cn2nc(C)c(/C=C/C(=O)O[C@@H](C)c3ccc(F)cc3)c2Cl)cc1. The molecule has 6 heteroatoms. The minimum absolute atomic E-state index is 0.333. The van der Waals surface area contributed by atoms with E-state index in [4.69, 9.17) is 16.3 Å². The maximum Gasteiger partial charge on any atom is 0.331 e. The van der Waals surface area contributed by atoms with E-state index in [0.29, 0.717) is 22.8 Å². The molecule has 1 heterocycles. The van der Waals surface area contributed by atoms with Gasteiger partial charge in [-0.3, -0.25) is 0 Å². The van der Waals surface area contributed by atoms with Crippen LogP contribution in [0.1, 0.15) is 41.0 Å². The lowest BCUT2D eigenvalue weighted by Gasteiger charge is -2.11. The minimum atomic E-state index is -0.511. The standard InChI is InChI=1S/C23H22ClFN2O2/c1-15-4-6-18(7-5-15)14-27-23(24)21(16(2)26-27)12-13-22(28)29-17(3)19-8-10-20(25)11-9-19/h4-13,17H,14H2,1-3H3/b13-12+/t17-/m0/s1. The first-order chi connectivity index (χ1) is 13.8. The van der Waals surface area contributed by atoms with E-state index in [0.717, 1.165) is 11.3 Å². The van der Waals surface area contributed by atoms with E-state index in [2.05, 4.69) is 5.10 Å². The Balaban J connectivity index is 1.68. The van der Waals surface area contributed by atoms with Crippen molar-refractivity contribution in [3.8, 4) is 0 Å². The van der Waals surface area contributed by atoms with Crippen molar-refractivity contribution in [1.82, 2.24) is 9.78 Å². The number of carbonyl (C=O) groups is 1. The lowest BCUT2D eigenvalue weighted by Crippen LogP contribution is -2.06. The number of carbonyl (C=O) groups excluding carboxylic acids is 1. The van der Waals surface area contributed by atoms with Gasteiger partial charge in [0.15, 0.2) is 0 Å². The third-order valence-electron chi connectivity index (χ3n) is 4.58.